The van der Waals surface area contributed by atoms with Gasteiger partial charge in [-0.2, -0.15) is 0 Å². The van der Waals surface area contributed by atoms with Gasteiger partial charge in [0.2, 0.25) is 0 Å². The smallest absolute Gasteiger partial charge is 0.307 e. The van der Waals surface area contributed by atoms with Crippen molar-refractivity contribution in [1.29, 1.82) is 0 Å². The highest BCUT2D eigenvalue weighted by atomic mass is 16.4. The number of allylic oxidation sites excluding steroid dienone is 2. The quantitative estimate of drug-likeness (QED) is 0.683. The SMILES string of the molecule is CN1CC(C)(C)C/C1=C\C(=O)c1ccc(CC(=O)O)cc1. The van der Waals surface area contributed by atoms with Crippen molar-refractivity contribution < 1.29 is 14.7 Å². The molecule has 0 aromatic heterocycles. The van der Waals surface area contributed by atoms with Crippen LogP contribution >= 0.6 is 0 Å². The molecule has 0 bridgehead atoms. The third-order valence-corrected chi connectivity index (χ3v) is 3.71. The first-order valence-corrected chi connectivity index (χ1v) is 7.04. The first-order chi connectivity index (χ1) is 9.77. The molecule has 0 aliphatic carbocycles. The number of rotatable bonds is 4. The Labute approximate surface area is 125 Å². The molecule has 0 spiro atoms. The van der Waals surface area contributed by atoms with Gasteiger partial charge in [-0.05, 0) is 17.4 Å². The zero-order valence-corrected chi connectivity index (χ0v) is 12.7. The summed E-state index contributed by atoms with van der Waals surface area (Å²) < 4.78 is 0. The van der Waals surface area contributed by atoms with Crippen molar-refractivity contribution >= 4 is 11.8 Å². The lowest BCUT2D eigenvalue weighted by molar-refractivity contribution is -0.136. The summed E-state index contributed by atoms with van der Waals surface area (Å²) in [7, 11) is 2.00. The maximum absolute atomic E-state index is 12.3. The Bertz CT molecular complexity index is 585. The number of likely N-dealkylation sites (tertiary alicyclic amines) is 1. The van der Waals surface area contributed by atoms with E-state index in [1.807, 2.05) is 7.05 Å². The topological polar surface area (TPSA) is 57.6 Å². The van der Waals surface area contributed by atoms with Crippen LogP contribution in [0.2, 0.25) is 0 Å². The molecule has 0 atom stereocenters. The molecule has 1 aliphatic rings. The van der Waals surface area contributed by atoms with Crippen LogP contribution in [0.15, 0.2) is 36.0 Å². The van der Waals surface area contributed by atoms with Crippen molar-refractivity contribution in [2.24, 2.45) is 5.41 Å². The van der Waals surface area contributed by atoms with Crippen molar-refractivity contribution in [3.8, 4) is 0 Å². The zero-order valence-electron chi connectivity index (χ0n) is 12.7. The van der Waals surface area contributed by atoms with Gasteiger partial charge in [-0.3, -0.25) is 9.59 Å². The Morgan fingerprint density at radius 2 is 1.90 bits per heavy atom. The van der Waals surface area contributed by atoms with Gasteiger partial charge in [0.25, 0.3) is 0 Å². The molecule has 0 amide bonds. The van der Waals surface area contributed by atoms with Gasteiger partial charge in [0.15, 0.2) is 5.78 Å². The molecule has 0 radical (unpaired) electrons. The third kappa shape index (κ3) is 3.94. The van der Waals surface area contributed by atoms with Crippen LogP contribution in [-0.2, 0) is 11.2 Å². The van der Waals surface area contributed by atoms with Gasteiger partial charge in [-0.25, -0.2) is 0 Å². The molecule has 4 heteroatoms. The summed E-state index contributed by atoms with van der Waals surface area (Å²) in [5.41, 5.74) is 2.55. The van der Waals surface area contributed by atoms with Crippen molar-refractivity contribution in [3.05, 3.63) is 47.2 Å². The number of hydrogen-bond donors (Lipinski definition) is 1. The lowest BCUT2D eigenvalue weighted by Gasteiger charge is -2.16. The molecule has 2 rings (SSSR count). The highest BCUT2D eigenvalue weighted by Gasteiger charge is 2.30. The Morgan fingerprint density at radius 1 is 1.29 bits per heavy atom. The van der Waals surface area contributed by atoms with E-state index in [0.29, 0.717) is 11.1 Å². The summed E-state index contributed by atoms with van der Waals surface area (Å²) >= 11 is 0. The number of benzene rings is 1. The minimum absolute atomic E-state index is 0.0213. The van der Waals surface area contributed by atoms with Gasteiger partial charge in [0, 0.05) is 30.9 Å². The third-order valence-electron chi connectivity index (χ3n) is 3.71. The van der Waals surface area contributed by atoms with Crippen molar-refractivity contribution in [1.82, 2.24) is 4.90 Å². The summed E-state index contributed by atoms with van der Waals surface area (Å²) in [6, 6.07) is 6.78. The van der Waals surface area contributed by atoms with Crippen LogP contribution in [0.1, 0.15) is 36.2 Å². The van der Waals surface area contributed by atoms with Crippen LogP contribution < -0.4 is 0 Å². The monoisotopic (exact) mass is 287 g/mol. The minimum atomic E-state index is -0.869. The summed E-state index contributed by atoms with van der Waals surface area (Å²) in [5, 5.41) is 8.73. The average Bonchev–Trinajstić information content (AvgIpc) is 2.62. The fraction of sp³-hybridized carbons (Fsp3) is 0.412. The Morgan fingerprint density at radius 3 is 2.38 bits per heavy atom. The van der Waals surface area contributed by atoms with E-state index in [1.54, 1.807) is 30.3 Å². The van der Waals surface area contributed by atoms with Gasteiger partial charge in [-0.1, -0.05) is 38.1 Å². The lowest BCUT2D eigenvalue weighted by atomic mass is 9.92. The van der Waals surface area contributed by atoms with Crippen molar-refractivity contribution in [2.75, 3.05) is 13.6 Å². The number of ketones is 1. The van der Waals surface area contributed by atoms with E-state index in [1.165, 1.54) is 0 Å². The van der Waals surface area contributed by atoms with Crippen LogP contribution in [0.25, 0.3) is 0 Å². The van der Waals surface area contributed by atoms with E-state index in [2.05, 4.69) is 18.7 Å². The van der Waals surface area contributed by atoms with Crippen LogP contribution in [0.4, 0.5) is 0 Å². The zero-order chi connectivity index (χ0) is 15.6. The largest absolute Gasteiger partial charge is 0.481 e. The molecule has 1 aromatic carbocycles. The van der Waals surface area contributed by atoms with E-state index in [0.717, 1.165) is 18.7 Å². The molecular formula is C17H21NO3. The maximum atomic E-state index is 12.3. The van der Waals surface area contributed by atoms with Crippen LogP contribution in [0.3, 0.4) is 0 Å². The molecule has 1 N–H and O–H groups in total. The fourth-order valence-electron chi connectivity index (χ4n) is 2.78. The number of carbonyl (C=O) groups is 2. The molecule has 21 heavy (non-hydrogen) atoms. The van der Waals surface area contributed by atoms with Gasteiger partial charge in [-0.15, -0.1) is 0 Å². The summed E-state index contributed by atoms with van der Waals surface area (Å²) in [6.45, 7) is 5.33. The molecule has 0 saturated carbocycles. The molecule has 0 unspecified atom stereocenters. The molecular weight excluding hydrogens is 266 g/mol. The van der Waals surface area contributed by atoms with E-state index in [-0.39, 0.29) is 17.6 Å². The number of carboxylic acid groups (broad SMARTS) is 1. The molecule has 1 saturated heterocycles. The van der Waals surface area contributed by atoms with Crippen LogP contribution in [-0.4, -0.2) is 35.4 Å². The molecule has 1 aromatic rings. The van der Waals surface area contributed by atoms with E-state index >= 15 is 0 Å². The minimum Gasteiger partial charge on any atom is -0.481 e. The second-order valence-electron chi connectivity index (χ2n) is 6.46. The van der Waals surface area contributed by atoms with Gasteiger partial charge in [0.05, 0.1) is 6.42 Å². The van der Waals surface area contributed by atoms with E-state index < -0.39 is 5.97 Å². The average molecular weight is 287 g/mol. The van der Waals surface area contributed by atoms with Crippen LogP contribution in [0.5, 0.6) is 0 Å². The number of hydrogen-bond acceptors (Lipinski definition) is 3. The second kappa shape index (κ2) is 5.72. The molecule has 4 nitrogen and oxygen atoms in total. The first kappa shape index (κ1) is 15.3. The van der Waals surface area contributed by atoms with Gasteiger partial charge in [0.1, 0.15) is 0 Å². The second-order valence-corrected chi connectivity index (χ2v) is 6.46. The van der Waals surface area contributed by atoms with E-state index in [9.17, 15) is 9.59 Å². The number of carbonyl (C=O) groups excluding carboxylic acids is 1. The molecule has 1 fully saturated rings. The Hall–Kier alpha value is -2.10. The molecule has 1 heterocycles. The number of nitrogens with zero attached hydrogens (tertiary/aromatic N) is 1. The maximum Gasteiger partial charge on any atom is 0.307 e. The number of carboxylic acids is 1. The number of aliphatic carboxylic acids is 1. The van der Waals surface area contributed by atoms with Crippen LogP contribution in [0, 0.1) is 5.41 Å². The summed E-state index contributed by atoms with van der Waals surface area (Å²) in [6.07, 6.45) is 2.57. The fourth-order valence-corrected chi connectivity index (χ4v) is 2.78. The van der Waals surface area contributed by atoms with E-state index in [4.69, 9.17) is 5.11 Å². The normalized spacial score (nSPS) is 19.0. The summed E-state index contributed by atoms with van der Waals surface area (Å²) in [5.74, 6) is -0.901. The highest BCUT2D eigenvalue weighted by molar-refractivity contribution is 6.04. The lowest BCUT2D eigenvalue weighted by Crippen LogP contribution is -2.18. The van der Waals surface area contributed by atoms with Crippen molar-refractivity contribution in [3.63, 3.8) is 0 Å². The molecule has 112 valence electrons. The van der Waals surface area contributed by atoms with Gasteiger partial charge >= 0.3 is 5.97 Å². The van der Waals surface area contributed by atoms with Crippen molar-refractivity contribution in [2.45, 2.75) is 26.7 Å². The standard InChI is InChI=1S/C17H21NO3/c1-17(2)10-14(18(3)11-17)9-15(19)13-6-4-12(5-7-13)8-16(20)21/h4-7,9H,8,10-11H2,1-3H3,(H,20,21)/b14-9+. The predicted molar refractivity (Wildman–Crippen MR) is 81.2 cm³/mol. The highest BCUT2D eigenvalue weighted by Crippen LogP contribution is 2.35. The predicted octanol–water partition coefficient (Wildman–Crippen LogP) is 2.74. The Kier molecular flexibility index (Phi) is 4.16. The Balaban J connectivity index is 2.12. The molecule has 1 aliphatic heterocycles. The van der Waals surface area contributed by atoms with Gasteiger partial charge < -0.3 is 10.0 Å². The summed E-state index contributed by atoms with van der Waals surface area (Å²) in [4.78, 5) is 25.0. The first-order valence-electron chi connectivity index (χ1n) is 7.04.